The van der Waals surface area contributed by atoms with Gasteiger partial charge in [0.2, 0.25) is 5.01 Å². The van der Waals surface area contributed by atoms with E-state index in [0.717, 1.165) is 36.4 Å². The Bertz CT molecular complexity index is 422. The summed E-state index contributed by atoms with van der Waals surface area (Å²) in [5.41, 5.74) is 0.777. The number of aliphatic hydroxyl groups excluding tert-OH is 1. The van der Waals surface area contributed by atoms with Crippen LogP contribution in [0.5, 0.6) is 0 Å². The third kappa shape index (κ3) is 3.99. The highest BCUT2D eigenvalue weighted by Gasteiger charge is 2.23. The van der Waals surface area contributed by atoms with Gasteiger partial charge in [0, 0.05) is 18.5 Å². The Hall–Kier alpha value is -0.980. The number of carboxylic acids is 1. The summed E-state index contributed by atoms with van der Waals surface area (Å²) in [4.78, 5) is 14.8. The van der Waals surface area contributed by atoms with Crippen LogP contribution in [0.25, 0.3) is 0 Å². The van der Waals surface area contributed by atoms with Crippen molar-refractivity contribution in [3.05, 3.63) is 16.1 Å². The first-order chi connectivity index (χ1) is 9.20. The molecule has 3 N–H and O–H groups in total. The van der Waals surface area contributed by atoms with Crippen LogP contribution in [0.4, 0.5) is 0 Å². The van der Waals surface area contributed by atoms with Gasteiger partial charge < -0.3 is 15.5 Å². The van der Waals surface area contributed by atoms with Crippen molar-refractivity contribution in [2.45, 2.75) is 32.2 Å². The van der Waals surface area contributed by atoms with E-state index in [1.807, 2.05) is 0 Å². The molecule has 1 heterocycles. The standard InChI is InChI=1S/C13H20N2O3S/c16-7-10-4-2-1-3-9(10)5-14-6-11-8-19-12(15-11)13(17)18/h8-10,14,16H,1-7H2,(H,17,18). The summed E-state index contributed by atoms with van der Waals surface area (Å²) >= 11 is 1.16. The van der Waals surface area contributed by atoms with E-state index in [2.05, 4.69) is 10.3 Å². The molecule has 0 aromatic carbocycles. The van der Waals surface area contributed by atoms with Gasteiger partial charge in [-0.1, -0.05) is 12.8 Å². The predicted octanol–water partition coefficient (Wildman–Crippen LogP) is 1.73. The second kappa shape index (κ2) is 6.98. The van der Waals surface area contributed by atoms with Crippen molar-refractivity contribution in [2.24, 2.45) is 11.8 Å². The van der Waals surface area contributed by atoms with Gasteiger partial charge in [0.15, 0.2) is 0 Å². The molecule has 0 saturated heterocycles. The lowest BCUT2D eigenvalue weighted by molar-refractivity contribution is 0.0696. The third-order valence-corrected chi connectivity index (χ3v) is 4.63. The maximum Gasteiger partial charge on any atom is 0.365 e. The summed E-state index contributed by atoms with van der Waals surface area (Å²) < 4.78 is 0. The third-order valence-electron chi connectivity index (χ3n) is 3.75. The molecule has 19 heavy (non-hydrogen) atoms. The molecule has 1 aliphatic rings. The molecule has 2 unspecified atom stereocenters. The number of carboxylic acid groups (broad SMARTS) is 1. The van der Waals surface area contributed by atoms with Gasteiger partial charge in [-0.05, 0) is 31.2 Å². The maximum atomic E-state index is 10.7. The van der Waals surface area contributed by atoms with E-state index < -0.39 is 5.97 Å². The van der Waals surface area contributed by atoms with Crippen molar-refractivity contribution in [1.82, 2.24) is 10.3 Å². The zero-order valence-corrected chi connectivity index (χ0v) is 11.7. The van der Waals surface area contributed by atoms with E-state index in [1.165, 1.54) is 12.8 Å². The highest BCUT2D eigenvalue weighted by atomic mass is 32.1. The number of nitrogens with zero attached hydrogens (tertiary/aromatic N) is 1. The van der Waals surface area contributed by atoms with Gasteiger partial charge in [0.05, 0.1) is 5.69 Å². The molecular formula is C13H20N2O3S. The molecule has 1 aromatic rings. The molecule has 5 nitrogen and oxygen atoms in total. The molecule has 2 rings (SSSR count). The minimum absolute atomic E-state index is 0.141. The molecular weight excluding hydrogens is 264 g/mol. The van der Waals surface area contributed by atoms with Crippen molar-refractivity contribution < 1.29 is 15.0 Å². The van der Waals surface area contributed by atoms with Gasteiger partial charge in [0.25, 0.3) is 0 Å². The Morgan fingerprint density at radius 2 is 2.16 bits per heavy atom. The van der Waals surface area contributed by atoms with Gasteiger partial charge in [-0.3, -0.25) is 0 Å². The van der Waals surface area contributed by atoms with E-state index >= 15 is 0 Å². The lowest BCUT2D eigenvalue weighted by atomic mass is 9.79. The van der Waals surface area contributed by atoms with Crippen LogP contribution in [0.2, 0.25) is 0 Å². The van der Waals surface area contributed by atoms with Gasteiger partial charge in [-0.25, -0.2) is 9.78 Å². The zero-order chi connectivity index (χ0) is 13.7. The smallest absolute Gasteiger partial charge is 0.365 e. The largest absolute Gasteiger partial charge is 0.476 e. The van der Waals surface area contributed by atoms with Crippen molar-refractivity contribution in [1.29, 1.82) is 0 Å². The summed E-state index contributed by atoms with van der Waals surface area (Å²) in [6.45, 7) is 1.73. The Labute approximate surface area is 116 Å². The number of rotatable bonds is 6. The Morgan fingerprint density at radius 1 is 1.42 bits per heavy atom. The van der Waals surface area contributed by atoms with Gasteiger partial charge in [-0.15, -0.1) is 11.3 Å². The second-order valence-electron chi connectivity index (χ2n) is 5.07. The monoisotopic (exact) mass is 284 g/mol. The van der Waals surface area contributed by atoms with E-state index in [9.17, 15) is 9.90 Å². The highest BCUT2D eigenvalue weighted by Crippen LogP contribution is 2.29. The first-order valence-electron chi connectivity index (χ1n) is 6.70. The fourth-order valence-corrected chi connectivity index (χ4v) is 3.32. The SMILES string of the molecule is O=C(O)c1nc(CNCC2CCCCC2CO)cs1. The first kappa shape index (κ1) is 14.4. The number of hydrogen-bond donors (Lipinski definition) is 3. The highest BCUT2D eigenvalue weighted by molar-refractivity contribution is 7.11. The maximum absolute atomic E-state index is 10.7. The van der Waals surface area contributed by atoms with E-state index in [4.69, 9.17) is 5.11 Å². The van der Waals surface area contributed by atoms with Crippen molar-refractivity contribution in [2.75, 3.05) is 13.2 Å². The molecule has 0 amide bonds. The first-order valence-corrected chi connectivity index (χ1v) is 7.58. The number of aromatic carboxylic acids is 1. The quantitative estimate of drug-likeness (QED) is 0.741. The Morgan fingerprint density at radius 3 is 2.79 bits per heavy atom. The Balaban J connectivity index is 1.77. The van der Waals surface area contributed by atoms with Crippen LogP contribution in [0.1, 0.15) is 41.2 Å². The van der Waals surface area contributed by atoms with Gasteiger partial charge in [-0.2, -0.15) is 0 Å². The van der Waals surface area contributed by atoms with Gasteiger partial charge in [0.1, 0.15) is 0 Å². The molecule has 2 atom stereocenters. The number of carbonyl (C=O) groups is 1. The van der Waals surface area contributed by atoms with Crippen LogP contribution in [-0.4, -0.2) is 34.3 Å². The fourth-order valence-electron chi connectivity index (χ4n) is 2.67. The van der Waals surface area contributed by atoms with Crippen LogP contribution in [0.3, 0.4) is 0 Å². The molecule has 0 bridgehead atoms. The normalized spacial score (nSPS) is 23.4. The minimum atomic E-state index is -0.969. The minimum Gasteiger partial charge on any atom is -0.476 e. The summed E-state index contributed by atoms with van der Waals surface area (Å²) in [6, 6.07) is 0. The van der Waals surface area contributed by atoms with E-state index in [1.54, 1.807) is 5.38 Å². The molecule has 0 spiro atoms. The number of hydrogen-bond acceptors (Lipinski definition) is 5. The van der Waals surface area contributed by atoms with Crippen LogP contribution in [0, 0.1) is 11.8 Å². The van der Waals surface area contributed by atoms with E-state index in [0.29, 0.717) is 18.4 Å². The number of aromatic nitrogens is 1. The van der Waals surface area contributed by atoms with Crippen molar-refractivity contribution >= 4 is 17.3 Å². The molecule has 1 aromatic heterocycles. The van der Waals surface area contributed by atoms with Crippen molar-refractivity contribution in [3.63, 3.8) is 0 Å². The summed E-state index contributed by atoms with van der Waals surface area (Å²) in [7, 11) is 0. The average molecular weight is 284 g/mol. The zero-order valence-electron chi connectivity index (χ0n) is 10.8. The summed E-state index contributed by atoms with van der Waals surface area (Å²) in [5, 5.41) is 23.4. The van der Waals surface area contributed by atoms with Crippen LogP contribution in [0.15, 0.2) is 5.38 Å². The fraction of sp³-hybridized carbons (Fsp3) is 0.692. The number of aliphatic hydroxyl groups is 1. The van der Waals surface area contributed by atoms with Crippen LogP contribution >= 0.6 is 11.3 Å². The molecule has 106 valence electrons. The average Bonchev–Trinajstić information content (AvgIpc) is 2.88. The molecule has 0 radical (unpaired) electrons. The summed E-state index contributed by atoms with van der Waals surface area (Å²) in [5.74, 6) is -0.0357. The molecule has 1 aliphatic carbocycles. The Kier molecular flexibility index (Phi) is 5.30. The van der Waals surface area contributed by atoms with Crippen LogP contribution < -0.4 is 5.32 Å². The van der Waals surface area contributed by atoms with Crippen molar-refractivity contribution in [3.8, 4) is 0 Å². The topological polar surface area (TPSA) is 82.5 Å². The molecule has 1 saturated carbocycles. The number of nitrogens with one attached hydrogen (secondary N) is 1. The lowest BCUT2D eigenvalue weighted by Gasteiger charge is -2.30. The number of thiazole rings is 1. The molecule has 1 fully saturated rings. The summed E-state index contributed by atoms with van der Waals surface area (Å²) in [6.07, 6.45) is 4.73. The lowest BCUT2D eigenvalue weighted by Crippen LogP contribution is -2.32. The van der Waals surface area contributed by atoms with Crippen LogP contribution in [-0.2, 0) is 6.54 Å². The second-order valence-corrected chi connectivity index (χ2v) is 5.93. The molecule has 0 aliphatic heterocycles. The molecule has 6 heteroatoms. The predicted molar refractivity (Wildman–Crippen MR) is 73.3 cm³/mol. The van der Waals surface area contributed by atoms with Gasteiger partial charge >= 0.3 is 5.97 Å². The van der Waals surface area contributed by atoms with E-state index in [-0.39, 0.29) is 11.6 Å².